The van der Waals surface area contributed by atoms with Gasteiger partial charge in [-0.25, -0.2) is 4.98 Å². The number of thioether (sulfide) groups is 1. The van der Waals surface area contributed by atoms with E-state index in [1.807, 2.05) is 0 Å². The first-order chi connectivity index (χ1) is 10.1. The van der Waals surface area contributed by atoms with Crippen LogP contribution < -0.4 is 11.5 Å². The molecule has 3 rings (SSSR count). The highest BCUT2D eigenvalue weighted by atomic mass is 35.5. The summed E-state index contributed by atoms with van der Waals surface area (Å²) in [5, 5.41) is 8.62. The van der Waals surface area contributed by atoms with Crippen molar-refractivity contribution in [3.8, 4) is 11.3 Å². The third-order valence-electron chi connectivity index (χ3n) is 3.20. The number of nitrogens with zero attached hydrogens (tertiary/aromatic N) is 4. The van der Waals surface area contributed by atoms with Gasteiger partial charge in [0.2, 0.25) is 5.96 Å². The summed E-state index contributed by atoms with van der Waals surface area (Å²) in [5.74, 6) is 0.971. The molecule has 1 aliphatic heterocycles. The van der Waals surface area contributed by atoms with Gasteiger partial charge in [-0.1, -0.05) is 41.6 Å². The largest absolute Gasteiger partial charge is 0.369 e. The smallest absolute Gasteiger partial charge is 0.211 e. The molecule has 0 unspecified atom stereocenters. The Morgan fingerprint density at radius 1 is 1.32 bits per heavy atom. The van der Waals surface area contributed by atoms with Gasteiger partial charge < -0.3 is 16.0 Å². The number of rotatable bonds is 3. The number of nitrogens with two attached hydrogens (primary N) is 2. The highest BCUT2D eigenvalue weighted by molar-refractivity contribution is 7.99. The second-order valence-corrected chi connectivity index (χ2v) is 5.83. The van der Waals surface area contributed by atoms with Crippen molar-refractivity contribution >= 4 is 36.3 Å². The zero-order chi connectivity index (χ0) is 14.8. The summed E-state index contributed by atoms with van der Waals surface area (Å²) in [6.45, 7) is 2.98. The summed E-state index contributed by atoms with van der Waals surface area (Å²) in [7, 11) is 0. The van der Waals surface area contributed by atoms with Crippen molar-refractivity contribution in [2.45, 2.75) is 18.6 Å². The first-order valence-electron chi connectivity index (χ1n) is 6.57. The summed E-state index contributed by atoms with van der Waals surface area (Å²) < 4.78 is 2.14. The lowest BCUT2D eigenvalue weighted by atomic mass is 10.1. The number of fused-ring (bicyclic) bond motifs is 1. The average Bonchev–Trinajstić information content (AvgIpc) is 3.01. The molecule has 0 amide bonds. The van der Waals surface area contributed by atoms with E-state index in [9.17, 15) is 0 Å². The second-order valence-electron chi connectivity index (χ2n) is 4.76. The number of aryl methyl sites for hydroxylation is 1. The van der Waals surface area contributed by atoms with E-state index >= 15 is 0 Å². The second kappa shape index (κ2) is 6.85. The van der Waals surface area contributed by atoms with Crippen LogP contribution in [-0.4, -0.2) is 27.5 Å². The maximum absolute atomic E-state index is 5.30. The van der Waals surface area contributed by atoms with Crippen LogP contribution in [0.4, 0.5) is 0 Å². The van der Waals surface area contributed by atoms with Crippen LogP contribution in [0.5, 0.6) is 0 Å². The molecule has 0 saturated carbocycles. The SMILES string of the molecule is Cc1ccc(-c2nc3n(c2/C=N/N=C(N)N)CCS3)cc1.Cl. The van der Waals surface area contributed by atoms with Gasteiger partial charge in [-0.15, -0.1) is 17.5 Å². The van der Waals surface area contributed by atoms with E-state index in [4.69, 9.17) is 16.5 Å². The molecule has 1 aromatic carbocycles. The fourth-order valence-electron chi connectivity index (χ4n) is 2.20. The van der Waals surface area contributed by atoms with Crippen molar-refractivity contribution in [2.75, 3.05) is 5.75 Å². The van der Waals surface area contributed by atoms with Gasteiger partial charge in [0.05, 0.1) is 17.6 Å². The molecule has 0 atom stereocenters. The third-order valence-corrected chi connectivity index (χ3v) is 4.15. The fourth-order valence-corrected chi connectivity index (χ4v) is 3.16. The zero-order valence-electron chi connectivity index (χ0n) is 12.1. The Kier molecular flexibility index (Phi) is 5.10. The van der Waals surface area contributed by atoms with Crippen molar-refractivity contribution < 1.29 is 0 Å². The average molecular weight is 337 g/mol. The number of imidazole rings is 1. The number of aromatic nitrogens is 2. The minimum Gasteiger partial charge on any atom is -0.369 e. The molecule has 2 heterocycles. The Labute approximate surface area is 139 Å². The van der Waals surface area contributed by atoms with Crippen LogP contribution in [0.25, 0.3) is 11.3 Å². The molecule has 22 heavy (non-hydrogen) atoms. The molecule has 0 radical (unpaired) electrons. The van der Waals surface area contributed by atoms with Crippen molar-refractivity contribution in [3.05, 3.63) is 35.5 Å². The minimum absolute atomic E-state index is 0. The Balaban J connectivity index is 0.00000176. The predicted molar refractivity (Wildman–Crippen MR) is 93.8 cm³/mol. The van der Waals surface area contributed by atoms with Crippen LogP contribution >= 0.6 is 24.2 Å². The van der Waals surface area contributed by atoms with E-state index in [2.05, 4.69) is 46.0 Å². The molecule has 4 N–H and O–H groups in total. The number of hydrogen-bond acceptors (Lipinski definition) is 4. The normalized spacial score (nSPS) is 13.0. The van der Waals surface area contributed by atoms with Gasteiger partial charge >= 0.3 is 0 Å². The van der Waals surface area contributed by atoms with Crippen LogP contribution in [0.2, 0.25) is 0 Å². The monoisotopic (exact) mass is 336 g/mol. The van der Waals surface area contributed by atoms with Gasteiger partial charge in [0.25, 0.3) is 0 Å². The van der Waals surface area contributed by atoms with Gasteiger partial charge in [0, 0.05) is 17.9 Å². The van der Waals surface area contributed by atoms with E-state index < -0.39 is 0 Å². The molecule has 1 aliphatic rings. The van der Waals surface area contributed by atoms with E-state index in [0.29, 0.717) is 0 Å². The molecule has 1 aromatic heterocycles. The molecule has 0 fully saturated rings. The summed E-state index contributed by atoms with van der Waals surface area (Å²) in [5.41, 5.74) is 14.7. The van der Waals surface area contributed by atoms with Crippen LogP contribution in [0.3, 0.4) is 0 Å². The van der Waals surface area contributed by atoms with Gasteiger partial charge in [0.15, 0.2) is 5.16 Å². The summed E-state index contributed by atoms with van der Waals surface area (Å²) in [6.07, 6.45) is 1.66. The molecule has 0 spiro atoms. The summed E-state index contributed by atoms with van der Waals surface area (Å²) >= 11 is 1.75. The topological polar surface area (TPSA) is 94.6 Å². The quantitative estimate of drug-likeness (QED) is 0.509. The summed E-state index contributed by atoms with van der Waals surface area (Å²) in [4.78, 5) is 4.71. The maximum Gasteiger partial charge on any atom is 0.211 e. The number of guanidine groups is 1. The lowest BCUT2D eigenvalue weighted by Gasteiger charge is -2.03. The Morgan fingerprint density at radius 2 is 2.05 bits per heavy atom. The van der Waals surface area contributed by atoms with Crippen molar-refractivity contribution in [1.82, 2.24) is 9.55 Å². The van der Waals surface area contributed by atoms with Crippen LogP contribution in [0, 0.1) is 6.92 Å². The van der Waals surface area contributed by atoms with E-state index in [-0.39, 0.29) is 18.4 Å². The fraction of sp³-hybridized carbons (Fsp3) is 0.214. The highest BCUT2D eigenvalue weighted by Gasteiger charge is 2.21. The molecule has 116 valence electrons. The standard InChI is InChI=1S/C14H16N6S.ClH/c1-9-2-4-10(5-3-9)12-11(8-17-19-13(15)16)20-6-7-21-14(20)18-12;/h2-5,8H,6-7H2,1H3,(H4,15,16,19);1H/b17-8+;. The van der Waals surface area contributed by atoms with Gasteiger partial charge in [-0.3, -0.25) is 0 Å². The zero-order valence-corrected chi connectivity index (χ0v) is 13.7. The Hall–Kier alpha value is -1.99. The van der Waals surface area contributed by atoms with Crippen LogP contribution in [0.1, 0.15) is 11.3 Å². The molecular weight excluding hydrogens is 320 g/mol. The molecule has 0 aliphatic carbocycles. The van der Waals surface area contributed by atoms with Gasteiger partial charge in [-0.05, 0) is 6.92 Å². The number of benzene rings is 1. The Morgan fingerprint density at radius 3 is 2.73 bits per heavy atom. The predicted octanol–water partition coefficient (Wildman–Crippen LogP) is 1.99. The molecular formula is C14H17ClN6S. The van der Waals surface area contributed by atoms with Crippen LogP contribution in [0.15, 0.2) is 39.6 Å². The van der Waals surface area contributed by atoms with E-state index in [1.165, 1.54) is 5.56 Å². The van der Waals surface area contributed by atoms with Gasteiger partial charge in [-0.2, -0.15) is 5.10 Å². The van der Waals surface area contributed by atoms with Gasteiger partial charge in [0.1, 0.15) is 0 Å². The van der Waals surface area contributed by atoms with Crippen LogP contribution in [-0.2, 0) is 6.54 Å². The molecule has 6 nitrogen and oxygen atoms in total. The number of halogens is 1. The van der Waals surface area contributed by atoms with Crippen molar-refractivity contribution in [1.29, 1.82) is 0 Å². The van der Waals surface area contributed by atoms with E-state index in [0.717, 1.165) is 34.4 Å². The molecule has 0 saturated heterocycles. The Bertz CT molecular complexity index is 716. The first kappa shape index (κ1) is 16.4. The van der Waals surface area contributed by atoms with Crippen molar-refractivity contribution in [3.63, 3.8) is 0 Å². The third kappa shape index (κ3) is 3.26. The molecule has 8 heteroatoms. The highest BCUT2D eigenvalue weighted by Crippen LogP contribution is 2.32. The molecule has 0 bridgehead atoms. The lowest BCUT2D eigenvalue weighted by Crippen LogP contribution is -2.21. The van der Waals surface area contributed by atoms with Crippen molar-refractivity contribution in [2.24, 2.45) is 21.7 Å². The molecule has 2 aromatic rings. The van der Waals surface area contributed by atoms with E-state index in [1.54, 1.807) is 18.0 Å². The number of hydrogen-bond donors (Lipinski definition) is 2. The lowest BCUT2D eigenvalue weighted by molar-refractivity contribution is 0.715. The minimum atomic E-state index is -0.0568. The maximum atomic E-state index is 5.30. The first-order valence-corrected chi connectivity index (χ1v) is 7.56. The summed E-state index contributed by atoms with van der Waals surface area (Å²) in [6, 6.07) is 8.28.